The second-order valence-electron chi connectivity index (χ2n) is 7.96. The largest absolute Gasteiger partial charge is 0.480 e. The van der Waals surface area contributed by atoms with Crippen molar-refractivity contribution in [1.29, 1.82) is 0 Å². The van der Waals surface area contributed by atoms with E-state index < -0.39 is 17.4 Å². The number of rotatable bonds is 2. The highest BCUT2D eigenvalue weighted by atomic mass is 16.4. The first-order valence-electron chi connectivity index (χ1n) is 7.66. The Bertz CT molecular complexity index is 412. The quantitative estimate of drug-likeness (QED) is 0.852. The van der Waals surface area contributed by atoms with Crippen molar-refractivity contribution in [2.75, 3.05) is 13.6 Å². The van der Waals surface area contributed by atoms with E-state index in [9.17, 15) is 14.7 Å². The van der Waals surface area contributed by atoms with Gasteiger partial charge >= 0.3 is 12.0 Å². The first-order valence-corrected chi connectivity index (χ1v) is 7.66. The monoisotopic (exact) mass is 298 g/mol. The molecule has 122 valence electrons. The highest BCUT2D eigenvalue weighted by Gasteiger charge is 2.46. The van der Waals surface area contributed by atoms with E-state index in [0.29, 0.717) is 6.54 Å². The maximum Gasteiger partial charge on any atom is 0.327 e. The molecule has 2 unspecified atom stereocenters. The highest BCUT2D eigenvalue weighted by Crippen LogP contribution is 2.36. The van der Waals surface area contributed by atoms with Gasteiger partial charge in [0.2, 0.25) is 0 Å². The Kier molecular flexibility index (Phi) is 4.96. The Morgan fingerprint density at radius 2 is 1.86 bits per heavy atom. The van der Waals surface area contributed by atoms with Crippen LogP contribution in [0, 0.1) is 10.8 Å². The minimum atomic E-state index is -0.912. The maximum atomic E-state index is 12.8. The smallest absolute Gasteiger partial charge is 0.327 e. The minimum absolute atomic E-state index is 0.0319. The molecular formula is C16H30N2O3. The molecule has 1 aliphatic heterocycles. The van der Waals surface area contributed by atoms with Crippen LogP contribution in [0.5, 0.6) is 0 Å². The van der Waals surface area contributed by atoms with Gasteiger partial charge in [0, 0.05) is 19.6 Å². The summed E-state index contributed by atoms with van der Waals surface area (Å²) in [6.45, 7) is 12.6. The number of carbonyl (C=O) groups is 2. The summed E-state index contributed by atoms with van der Waals surface area (Å²) < 4.78 is 0. The van der Waals surface area contributed by atoms with E-state index in [2.05, 4.69) is 20.8 Å². The van der Waals surface area contributed by atoms with Crippen LogP contribution in [0.1, 0.15) is 54.4 Å². The van der Waals surface area contributed by atoms with Crippen LogP contribution in [-0.2, 0) is 4.79 Å². The maximum absolute atomic E-state index is 12.8. The van der Waals surface area contributed by atoms with Crippen molar-refractivity contribution in [3.63, 3.8) is 0 Å². The molecule has 1 rings (SSSR count). The molecule has 5 heteroatoms. The lowest BCUT2D eigenvalue weighted by atomic mass is 9.76. The van der Waals surface area contributed by atoms with Gasteiger partial charge in [-0.15, -0.1) is 0 Å². The van der Waals surface area contributed by atoms with Crippen LogP contribution in [0.4, 0.5) is 4.79 Å². The van der Waals surface area contributed by atoms with E-state index in [1.807, 2.05) is 20.8 Å². The van der Waals surface area contributed by atoms with Crippen molar-refractivity contribution in [2.45, 2.75) is 66.5 Å². The Hall–Kier alpha value is -1.26. The van der Waals surface area contributed by atoms with Crippen molar-refractivity contribution in [1.82, 2.24) is 9.80 Å². The van der Waals surface area contributed by atoms with E-state index >= 15 is 0 Å². The number of urea groups is 1. The summed E-state index contributed by atoms with van der Waals surface area (Å²) in [4.78, 5) is 27.7. The fourth-order valence-corrected chi connectivity index (χ4v) is 3.02. The third-order valence-corrected chi connectivity index (χ3v) is 4.89. The molecule has 1 heterocycles. The van der Waals surface area contributed by atoms with Crippen LogP contribution in [0.25, 0.3) is 0 Å². The Balaban J connectivity index is 3.01. The summed E-state index contributed by atoms with van der Waals surface area (Å²) in [7, 11) is 1.76. The number of carboxylic acid groups (broad SMARTS) is 1. The van der Waals surface area contributed by atoms with Crippen molar-refractivity contribution >= 4 is 12.0 Å². The molecule has 0 aromatic heterocycles. The van der Waals surface area contributed by atoms with E-state index in [1.165, 1.54) is 4.90 Å². The van der Waals surface area contributed by atoms with Gasteiger partial charge in [-0.05, 0) is 30.6 Å². The number of amides is 2. The van der Waals surface area contributed by atoms with E-state index in [0.717, 1.165) is 12.8 Å². The number of likely N-dealkylation sites (tertiary alicyclic amines) is 1. The lowest BCUT2D eigenvalue weighted by molar-refractivity contribution is -0.148. The average molecular weight is 298 g/mol. The van der Waals surface area contributed by atoms with E-state index in [4.69, 9.17) is 0 Å². The van der Waals surface area contributed by atoms with Crippen LogP contribution in [0.15, 0.2) is 0 Å². The molecule has 0 saturated carbocycles. The number of carboxylic acids is 1. The highest BCUT2D eigenvalue weighted by molar-refractivity contribution is 5.83. The number of aliphatic carboxylic acids is 1. The summed E-state index contributed by atoms with van der Waals surface area (Å²) in [5.41, 5.74) is -0.444. The summed E-state index contributed by atoms with van der Waals surface area (Å²) in [6.07, 6.45) is 1.67. The molecule has 1 saturated heterocycles. The molecule has 1 N–H and O–H groups in total. The lowest BCUT2D eigenvalue weighted by Gasteiger charge is -2.46. The molecule has 2 amide bonds. The van der Waals surface area contributed by atoms with Gasteiger partial charge < -0.3 is 14.9 Å². The molecule has 2 atom stereocenters. The lowest BCUT2D eigenvalue weighted by Crippen LogP contribution is -2.60. The zero-order chi connectivity index (χ0) is 16.6. The molecule has 5 nitrogen and oxygen atoms in total. The first kappa shape index (κ1) is 17.8. The molecular weight excluding hydrogens is 268 g/mol. The summed E-state index contributed by atoms with van der Waals surface area (Å²) >= 11 is 0. The molecule has 0 aromatic carbocycles. The fourth-order valence-electron chi connectivity index (χ4n) is 3.02. The summed E-state index contributed by atoms with van der Waals surface area (Å²) in [5, 5.41) is 9.56. The Morgan fingerprint density at radius 3 is 2.29 bits per heavy atom. The number of piperidine rings is 1. The van der Waals surface area contributed by atoms with Gasteiger partial charge in [0.25, 0.3) is 0 Å². The van der Waals surface area contributed by atoms with Crippen LogP contribution in [0.3, 0.4) is 0 Å². The predicted octanol–water partition coefficient (Wildman–Crippen LogP) is 3.05. The summed E-state index contributed by atoms with van der Waals surface area (Å²) in [6, 6.07) is -0.907. The molecule has 0 radical (unpaired) electrons. The summed E-state index contributed by atoms with van der Waals surface area (Å²) in [5.74, 6) is -0.912. The number of hydrogen-bond acceptors (Lipinski definition) is 2. The van der Waals surface area contributed by atoms with Crippen molar-refractivity contribution in [2.24, 2.45) is 10.8 Å². The molecule has 0 spiro atoms. The number of carbonyl (C=O) groups excluding carboxylic acids is 1. The molecule has 1 aliphatic rings. The molecule has 21 heavy (non-hydrogen) atoms. The topological polar surface area (TPSA) is 60.9 Å². The molecule has 0 aromatic rings. The first-order chi connectivity index (χ1) is 9.39. The van der Waals surface area contributed by atoms with Gasteiger partial charge in [-0.3, -0.25) is 0 Å². The van der Waals surface area contributed by atoms with Gasteiger partial charge in [0.05, 0.1) is 0 Å². The zero-order valence-corrected chi connectivity index (χ0v) is 14.4. The second-order valence-corrected chi connectivity index (χ2v) is 7.96. The van der Waals surface area contributed by atoms with E-state index in [-0.39, 0.29) is 17.5 Å². The van der Waals surface area contributed by atoms with Crippen LogP contribution in [-0.4, -0.2) is 52.6 Å². The normalized spacial score (nSPS) is 23.6. The Morgan fingerprint density at radius 1 is 1.33 bits per heavy atom. The van der Waals surface area contributed by atoms with Crippen molar-refractivity contribution in [3.8, 4) is 0 Å². The van der Waals surface area contributed by atoms with Crippen molar-refractivity contribution < 1.29 is 14.7 Å². The predicted molar refractivity (Wildman–Crippen MR) is 83.2 cm³/mol. The van der Waals surface area contributed by atoms with E-state index in [1.54, 1.807) is 11.9 Å². The standard InChI is InChI=1S/C16H30N2O3/c1-11(15(2,3)4)17(7)14(21)18-10-8-9-16(5,6)12(18)13(19)20/h11-12H,8-10H2,1-7H3,(H,19,20). The number of nitrogens with zero attached hydrogens (tertiary/aromatic N) is 2. The van der Waals surface area contributed by atoms with Gasteiger partial charge in [-0.25, -0.2) is 9.59 Å². The van der Waals surface area contributed by atoms with Gasteiger partial charge in [-0.2, -0.15) is 0 Å². The SMILES string of the molecule is CC(N(C)C(=O)N1CCCC(C)(C)C1C(=O)O)C(C)(C)C. The number of hydrogen-bond donors (Lipinski definition) is 1. The van der Waals surface area contributed by atoms with Crippen molar-refractivity contribution in [3.05, 3.63) is 0 Å². The van der Waals surface area contributed by atoms with Gasteiger partial charge in [0.15, 0.2) is 0 Å². The van der Waals surface area contributed by atoms with Crippen LogP contribution in [0.2, 0.25) is 0 Å². The van der Waals surface area contributed by atoms with Gasteiger partial charge in [0.1, 0.15) is 6.04 Å². The fraction of sp³-hybridized carbons (Fsp3) is 0.875. The third-order valence-electron chi connectivity index (χ3n) is 4.89. The zero-order valence-electron chi connectivity index (χ0n) is 14.4. The molecule has 0 bridgehead atoms. The third kappa shape index (κ3) is 3.69. The second kappa shape index (κ2) is 5.85. The van der Waals surface area contributed by atoms with Gasteiger partial charge in [-0.1, -0.05) is 34.6 Å². The molecule has 0 aliphatic carbocycles. The van der Waals surface area contributed by atoms with Crippen LogP contribution >= 0.6 is 0 Å². The Labute approximate surface area is 128 Å². The van der Waals surface area contributed by atoms with Crippen LogP contribution < -0.4 is 0 Å². The minimum Gasteiger partial charge on any atom is -0.480 e. The average Bonchev–Trinajstić information content (AvgIpc) is 2.32. The molecule has 1 fully saturated rings.